The summed E-state index contributed by atoms with van der Waals surface area (Å²) in [6.07, 6.45) is -0.707. The third kappa shape index (κ3) is 2.78. The molecule has 1 fully saturated rings. The smallest absolute Gasteiger partial charge is 0.432 e. The van der Waals surface area contributed by atoms with Crippen LogP contribution in [-0.2, 0) is 16.0 Å². The largest absolute Gasteiger partial charge is 0.464 e. The topological polar surface area (TPSA) is 87.1 Å². The number of anilines is 1. The summed E-state index contributed by atoms with van der Waals surface area (Å²) in [6.45, 7) is 2.01. The molecule has 1 N–H and O–H groups in total. The zero-order valence-corrected chi connectivity index (χ0v) is 12.5. The maximum atomic E-state index is 11.8. The van der Waals surface area contributed by atoms with Crippen molar-refractivity contribution < 1.29 is 24.2 Å². The van der Waals surface area contributed by atoms with Crippen LogP contribution in [0.3, 0.4) is 0 Å². The molecular weight excluding hydrogens is 288 g/mol. The van der Waals surface area contributed by atoms with E-state index >= 15 is 0 Å². The molecule has 116 valence electrons. The average molecular weight is 304 g/mol. The molecule has 0 bridgehead atoms. The number of aryl methyl sites for hydroxylation is 1. The Bertz CT molecular complexity index is 679. The minimum Gasteiger partial charge on any atom is -0.464 e. The predicted molar refractivity (Wildman–Crippen MR) is 79.5 cm³/mol. The molecule has 0 aromatic heterocycles. The van der Waals surface area contributed by atoms with Crippen LogP contribution in [0.5, 0.6) is 0 Å². The Labute approximate surface area is 127 Å². The number of hydrogen-bond acceptors (Lipinski definition) is 5. The standard InChI is InChI=1S/C15H16N2O5/c1-4-10-7-9(5-6-11(10)16(2)3)8-12-13(18)17(14(19)20)15(21)22-12/h5-8H,4H2,1-3H3,(H,19,20)/b12-8+. The molecule has 3 amide bonds. The van der Waals surface area contributed by atoms with Crippen LogP contribution in [0.2, 0.25) is 0 Å². The van der Waals surface area contributed by atoms with Gasteiger partial charge in [0.1, 0.15) is 0 Å². The van der Waals surface area contributed by atoms with Gasteiger partial charge in [-0.15, -0.1) is 4.90 Å². The van der Waals surface area contributed by atoms with E-state index in [1.165, 1.54) is 6.08 Å². The van der Waals surface area contributed by atoms with E-state index in [0.717, 1.165) is 17.7 Å². The number of ether oxygens (including phenoxy) is 1. The molecule has 1 aliphatic heterocycles. The van der Waals surface area contributed by atoms with Gasteiger partial charge in [-0.3, -0.25) is 4.79 Å². The van der Waals surface area contributed by atoms with Gasteiger partial charge in [0.2, 0.25) is 0 Å². The van der Waals surface area contributed by atoms with Gasteiger partial charge in [0.05, 0.1) is 0 Å². The quantitative estimate of drug-likeness (QED) is 0.862. The lowest BCUT2D eigenvalue weighted by Gasteiger charge is -2.17. The van der Waals surface area contributed by atoms with Crippen molar-refractivity contribution in [2.24, 2.45) is 0 Å². The van der Waals surface area contributed by atoms with E-state index in [1.54, 1.807) is 6.07 Å². The van der Waals surface area contributed by atoms with Gasteiger partial charge in [0.25, 0.3) is 0 Å². The molecule has 0 atom stereocenters. The van der Waals surface area contributed by atoms with E-state index in [-0.39, 0.29) is 10.7 Å². The summed E-state index contributed by atoms with van der Waals surface area (Å²) >= 11 is 0. The van der Waals surface area contributed by atoms with Crippen molar-refractivity contribution in [2.75, 3.05) is 19.0 Å². The molecular formula is C15H16N2O5. The van der Waals surface area contributed by atoms with Crippen molar-refractivity contribution in [1.82, 2.24) is 4.90 Å². The van der Waals surface area contributed by atoms with Crippen LogP contribution in [0.4, 0.5) is 15.3 Å². The molecule has 1 aromatic rings. The highest BCUT2D eigenvalue weighted by Gasteiger charge is 2.41. The third-order valence-corrected chi connectivity index (χ3v) is 3.25. The summed E-state index contributed by atoms with van der Waals surface area (Å²) in [5.41, 5.74) is 2.77. The van der Waals surface area contributed by atoms with E-state index in [9.17, 15) is 14.4 Å². The molecule has 22 heavy (non-hydrogen) atoms. The lowest BCUT2D eigenvalue weighted by molar-refractivity contribution is -0.121. The minimum absolute atomic E-state index is 0.0424. The summed E-state index contributed by atoms with van der Waals surface area (Å²) in [5.74, 6) is -1.28. The number of benzene rings is 1. The first-order valence-electron chi connectivity index (χ1n) is 6.66. The summed E-state index contributed by atoms with van der Waals surface area (Å²) in [6, 6.07) is 5.53. The molecule has 1 aliphatic rings. The van der Waals surface area contributed by atoms with Crippen LogP contribution in [0.25, 0.3) is 6.08 Å². The number of imide groups is 3. The van der Waals surface area contributed by atoms with Gasteiger partial charge in [-0.25, -0.2) is 9.59 Å². The summed E-state index contributed by atoms with van der Waals surface area (Å²) in [4.78, 5) is 36.0. The molecule has 7 nitrogen and oxygen atoms in total. The highest BCUT2D eigenvalue weighted by molar-refractivity contribution is 6.18. The Morgan fingerprint density at radius 3 is 2.55 bits per heavy atom. The number of nitrogens with zero attached hydrogens (tertiary/aromatic N) is 2. The van der Waals surface area contributed by atoms with Crippen LogP contribution in [0.1, 0.15) is 18.1 Å². The molecule has 0 aliphatic carbocycles. The van der Waals surface area contributed by atoms with Gasteiger partial charge in [0, 0.05) is 19.8 Å². The first-order valence-corrected chi connectivity index (χ1v) is 6.66. The fraction of sp³-hybridized carbons (Fsp3) is 0.267. The van der Waals surface area contributed by atoms with Crippen molar-refractivity contribution in [3.63, 3.8) is 0 Å². The molecule has 7 heteroatoms. The van der Waals surface area contributed by atoms with Crippen molar-refractivity contribution in [3.05, 3.63) is 35.1 Å². The third-order valence-electron chi connectivity index (χ3n) is 3.25. The molecule has 1 aromatic carbocycles. The predicted octanol–water partition coefficient (Wildman–Crippen LogP) is 2.31. The van der Waals surface area contributed by atoms with Gasteiger partial charge in [0.15, 0.2) is 5.76 Å². The van der Waals surface area contributed by atoms with Crippen molar-refractivity contribution in [2.45, 2.75) is 13.3 Å². The number of carbonyl (C=O) groups excluding carboxylic acids is 2. The van der Waals surface area contributed by atoms with Crippen molar-refractivity contribution in [1.29, 1.82) is 0 Å². The number of carboxylic acid groups (broad SMARTS) is 1. The van der Waals surface area contributed by atoms with Gasteiger partial charge >= 0.3 is 18.1 Å². The van der Waals surface area contributed by atoms with Gasteiger partial charge in [-0.1, -0.05) is 13.0 Å². The number of hydrogen-bond donors (Lipinski definition) is 1. The van der Waals surface area contributed by atoms with Gasteiger partial charge in [-0.05, 0) is 35.8 Å². The second-order valence-electron chi connectivity index (χ2n) is 4.94. The minimum atomic E-state index is -1.66. The number of amides is 3. The van der Waals surface area contributed by atoms with E-state index in [1.807, 2.05) is 38.1 Å². The summed E-state index contributed by atoms with van der Waals surface area (Å²) < 4.78 is 4.71. The van der Waals surface area contributed by atoms with Gasteiger partial charge in [-0.2, -0.15) is 0 Å². The Balaban J connectivity index is 2.36. The Hall–Kier alpha value is -2.83. The van der Waals surface area contributed by atoms with Crippen LogP contribution >= 0.6 is 0 Å². The fourth-order valence-corrected chi connectivity index (χ4v) is 2.20. The van der Waals surface area contributed by atoms with E-state index < -0.39 is 18.1 Å². The van der Waals surface area contributed by atoms with Crippen molar-refractivity contribution >= 4 is 29.9 Å². The zero-order chi connectivity index (χ0) is 16.4. The molecule has 0 radical (unpaired) electrons. The maximum absolute atomic E-state index is 11.8. The molecule has 0 unspecified atom stereocenters. The molecule has 1 saturated heterocycles. The number of carbonyl (C=O) groups is 3. The molecule has 2 rings (SSSR count). The lowest BCUT2D eigenvalue weighted by atomic mass is 10.0. The second-order valence-corrected chi connectivity index (χ2v) is 4.94. The Morgan fingerprint density at radius 2 is 2.05 bits per heavy atom. The highest BCUT2D eigenvalue weighted by Crippen LogP contribution is 2.24. The van der Waals surface area contributed by atoms with Gasteiger partial charge < -0.3 is 14.7 Å². The van der Waals surface area contributed by atoms with Crippen molar-refractivity contribution in [3.8, 4) is 0 Å². The lowest BCUT2D eigenvalue weighted by Crippen LogP contribution is -2.33. The summed E-state index contributed by atoms with van der Waals surface area (Å²) in [5, 5.41) is 8.79. The first kappa shape index (κ1) is 15.6. The second kappa shape index (κ2) is 5.88. The highest BCUT2D eigenvalue weighted by atomic mass is 16.6. The molecule has 0 spiro atoms. The van der Waals surface area contributed by atoms with Crippen LogP contribution in [-0.4, -0.2) is 42.2 Å². The molecule has 1 heterocycles. The van der Waals surface area contributed by atoms with E-state index in [0.29, 0.717) is 5.56 Å². The normalized spacial score (nSPS) is 16.1. The Morgan fingerprint density at radius 1 is 1.36 bits per heavy atom. The number of cyclic esters (lactones) is 1. The maximum Gasteiger partial charge on any atom is 0.432 e. The SMILES string of the molecule is CCc1cc(/C=C2/OC(=O)N(C(=O)O)C2=O)ccc1N(C)C. The molecule has 0 saturated carbocycles. The van der Waals surface area contributed by atoms with E-state index in [2.05, 4.69) is 0 Å². The first-order chi connectivity index (χ1) is 10.3. The Kier molecular flexibility index (Phi) is 4.16. The van der Waals surface area contributed by atoms with Crippen LogP contribution in [0, 0.1) is 0 Å². The monoisotopic (exact) mass is 304 g/mol. The van der Waals surface area contributed by atoms with Crippen LogP contribution < -0.4 is 4.90 Å². The van der Waals surface area contributed by atoms with E-state index in [4.69, 9.17) is 9.84 Å². The fourth-order valence-electron chi connectivity index (χ4n) is 2.20. The number of rotatable bonds is 3. The average Bonchev–Trinajstić information content (AvgIpc) is 2.72. The van der Waals surface area contributed by atoms with Crippen LogP contribution in [0.15, 0.2) is 24.0 Å². The zero-order valence-electron chi connectivity index (χ0n) is 12.5. The summed E-state index contributed by atoms with van der Waals surface area (Å²) in [7, 11) is 3.86.